The summed E-state index contributed by atoms with van der Waals surface area (Å²) in [6.45, 7) is 7.31. The van der Waals surface area contributed by atoms with E-state index in [0.29, 0.717) is 5.69 Å². The van der Waals surface area contributed by atoms with Crippen LogP contribution in [0, 0.1) is 0 Å². The molecule has 0 aliphatic carbocycles. The van der Waals surface area contributed by atoms with Gasteiger partial charge in [0, 0.05) is 0 Å². The molecule has 0 bridgehead atoms. The summed E-state index contributed by atoms with van der Waals surface area (Å²) in [5, 5.41) is 2.29. The normalized spacial score (nSPS) is 12.2. The van der Waals surface area contributed by atoms with Crippen LogP contribution in [0.1, 0.15) is 27.7 Å². The van der Waals surface area contributed by atoms with Crippen LogP contribution in [0.4, 0.5) is 5.69 Å². The Bertz CT molecular complexity index is 587. The van der Waals surface area contributed by atoms with Crippen molar-refractivity contribution in [2.45, 2.75) is 48.4 Å². The van der Waals surface area contributed by atoms with Crippen LogP contribution in [-0.2, 0) is 14.8 Å². The maximum absolute atomic E-state index is 12.9. The van der Waals surface area contributed by atoms with Gasteiger partial charge < -0.3 is 0 Å². The molecule has 1 aromatic carbocycles. The number of hydrogen-bond donors (Lipinski definition) is 1. The van der Waals surface area contributed by atoms with Crippen molar-refractivity contribution < 1.29 is 13.2 Å². The summed E-state index contributed by atoms with van der Waals surface area (Å²) in [4.78, 5) is 12.3. The zero-order valence-electron chi connectivity index (χ0n) is 13.1. The van der Waals surface area contributed by atoms with Crippen molar-refractivity contribution in [3.8, 4) is 0 Å². The molecule has 118 valence electrons. The standard InChI is InChI=1S/C14H24GeN2O3S/c1-5-15(6-2,7-3)17(12(4)18)21(19,20)14-10-8-13(16)9-11-14/h8-11H,5-7,16H2,1-4H3. The molecule has 0 fully saturated rings. The molecule has 21 heavy (non-hydrogen) atoms. The molecular formula is C14H24GeN2O3S. The van der Waals surface area contributed by atoms with Crippen LogP contribution in [0.15, 0.2) is 29.2 Å². The van der Waals surface area contributed by atoms with Crippen LogP contribution >= 0.6 is 0 Å². The van der Waals surface area contributed by atoms with Gasteiger partial charge in [-0.15, -0.1) is 0 Å². The fourth-order valence-corrected chi connectivity index (χ4v) is 16.5. The van der Waals surface area contributed by atoms with Crippen molar-refractivity contribution in [2.24, 2.45) is 0 Å². The van der Waals surface area contributed by atoms with E-state index in [9.17, 15) is 13.2 Å². The van der Waals surface area contributed by atoms with Crippen LogP contribution in [0.3, 0.4) is 0 Å². The molecule has 0 radical (unpaired) electrons. The van der Waals surface area contributed by atoms with E-state index in [-0.39, 0.29) is 10.8 Å². The third kappa shape index (κ3) is 3.42. The average Bonchev–Trinajstić information content (AvgIpc) is 2.44. The summed E-state index contributed by atoms with van der Waals surface area (Å²) in [5.41, 5.74) is 6.10. The van der Waals surface area contributed by atoms with Crippen LogP contribution in [0.5, 0.6) is 0 Å². The van der Waals surface area contributed by atoms with Crippen molar-refractivity contribution in [1.29, 1.82) is 0 Å². The maximum atomic E-state index is 12.9. The summed E-state index contributed by atoms with van der Waals surface area (Å²) in [6.07, 6.45) is 0. The van der Waals surface area contributed by atoms with Crippen LogP contribution in [0.2, 0.25) is 15.8 Å². The molecular weight excluding hydrogens is 349 g/mol. The van der Waals surface area contributed by atoms with Gasteiger partial charge in [-0.05, 0) is 0 Å². The molecule has 0 aromatic heterocycles. The summed E-state index contributed by atoms with van der Waals surface area (Å²) in [7, 11) is -3.80. The quantitative estimate of drug-likeness (QED) is 0.615. The summed E-state index contributed by atoms with van der Waals surface area (Å²) < 4.78 is 27.1. The second kappa shape index (κ2) is 6.83. The number of rotatable bonds is 6. The van der Waals surface area contributed by atoms with Crippen LogP contribution in [-0.4, -0.2) is 31.1 Å². The van der Waals surface area contributed by atoms with Gasteiger partial charge in [-0.25, -0.2) is 0 Å². The number of carbonyl (C=O) groups is 1. The van der Waals surface area contributed by atoms with Crippen molar-refractivity contribution in [3.63, 3.8) is 0 Å². The van der Waals surface area contributed by atoms with E-state index in [4.69, 9.17) is 5.73 Å². The number of benzene rings is 1. The number of nitrogens with two attached hydrogens (primary N) is 1. The molecule has 1 amide bonds. The van der Waals surface area contributed by atoms with E-state index in [0.717, 1.165) is 15.8 Å². The number of hydrogen-bond acceptors (Lipinski definition) is 4. The first kappa shape index (κ1) is 18.0. The van der Waals surface area contributed by atoms with Gasteiger partial charge in [-0.3, -0.25) is 0 Å². The summed E-state index contributed by atoms with van der Waals surface area (Å²) in [5.74, 6) is -0.377. The number of carbonyl (C=O) groups excluding carboxylic acids is 1. The van der Waals surface area contributed by atoms with E-state index in [1.54, 1.807) is 12.1 Å². The minimum atomic E-state index is -3.80. The molecule has 7 heteroatoms. The van der Waals surface area contributed by atoms with E-state index in [2.05, 4.69) is 0 Å². The van der Waals surface area contributed by atoms with E-state index in [1.165, 1.54) is 22.3 Å². The zero-order valence-corrected chi connectivity index (χ0v) is 16.0. The SMILES string of the molecule is C[CH2][Ge]([CH2]C)([CH2]C)[N](C(C)=O)S(=O)(=O)c1ccc(N)cc1. The van der Waals surface area contributed by atoms with E-state index in [1.807, 2.05) is 20.8 Å². The molecule has 0 heterocycles. The Morgan fingerprint density at radius 1 is 1.10 bits per heavy atom. The molecule has 0 atom stereocenters. The molecule has 0 spiro atoms. The fourth-order valence-electron chi connectivity index (χ4n) is 2.68. The first-order valence-electron chi connectivity index (χ1n) is 7.16. The molecule has 1 rings (SSSR count). The van der Waals surface area contributed by atoms with Crippen molar-refractivity contribution in [1.82, 2.24) is 3.26 Å². The topological polar surface area (TPSA) is 80.5 Å². The number of anilines is 1. The van der Waals surface area contributed by atoms with Gasteiger partial charge in [0.15, 0.2) is 0 Å². The predicted octanol–water partition coefficient (Wildman–Crippen LogP) is 2.81. The van der Waals surface area contributed by atoms with Crippen molar-refractivity contribution in [2.75, 3.05) is 5.73 Å². The van der Waals surface area contributed by atoms with Gasteiger partial charge >= 0.3 is 130 Å². The Morgan fingerprint density at radius 2 is 1.52 bits per heavy atom. The molecule has 1 aromatic rings. The minimum absolute atomic E-state index is 0.136. The third-order valence-corrected chi connectivity index (χ3v) is 20.0. The van der Waals surface area contributed by atoms with Crippen LogP contribution < -0.4 is 5.73 Å². The summed E-state index contributed by atoms with van der Waals surface area (Å²) >= 11 is -2.97. The first-order chi connectivity index (χ1) is 9.75. The molecule has 0 aliphatic rings. The van der Waals surface area contributed by atoms with Gasteiger partial charge in [-0.1, -0.05) is 0 Å². The molecule has 2 N–H and O–H groups in total. The number of nitrogen functional groups attached to an aromatic ring is 1. The number of nitrogens with zero attached hydrogens (tertiary/aromatic N) is 1. The van der Waals surface area contributed by atoms with Gasteiger partial charge in [0.1, 0.15) is 0 Å². The Labute approximate surface area is 130 Å². The Kier molecular flexibility index (Phi) is 5.86. The Balaban J connectivity index is 3.46. The average molecular weight is 373 g/mol. The van der Waals surface area contributed by atoms with Gasteiger partial charge in [-0.2, -0.15) is 0 Å². The van der Waals surface area contributed by atoms with Crippen molar-refractivity contribution >= 4 is 35.1 Å². The van der Waals surface area contributed by atoms with Crippen LogP contribution in [0.25, 0.3) is 0 Å². The van der Waals surface area contributed by atoms with E-state index >= 15 is 0 Å². The Hall–Kier alpha value is -1.02. The zero-order chi connectivity index (χ0) is 16.3. The molecule has 0 unspecified atom stereocenters. The molecule has 0 aliphatic heterocycles. The van der Waals surface area contributed by atoms with Gasteiger partial charge in [0.25, 0.3) is 0 Å². The number of sulfonamides is 1. The Morgan fingerprint density at radius 3 is 1.86 bits per heavy atom. The predicted molar refractivity (Wildman–Crippen MR) is 87.8 cm³/mol. The second-order valence-corrected chi connectivity index (χ2v) is 18.1. The van der Waals surface area contributed by atoms with Gasteiger partial charge in [0.05, 0.1) is 0 Å². The first-order valence-corrected chi connectivity index (χ1v) is 14.0. The van der Waals surface area contributed by atoms with Crippen molar-refractivity contribution in [3.05, 3.63) is 24.3 Å². The molecule has 5 nitrogen and oxygen atoms in total. The monoisotopic (exact) mass is 374 g/mol. The number of amides is 1. The fraction of sp³-hybridized carbons (Fsp3) is 0.500. The molecule has 0 saturated heterocycles. The third-order valence-electron chi connectivity index (χ3n) is 4.11. The van der Waals surface area contributed by atoms with Gasteiger partial charge in [0.2, 0.25) is 0 Å². The molecule has 0 saturated carbocycles. The van der Waals surface area contributed by atoms with E-state index < -0.39 is 23.5 Å². The second-order valence-electron chi connectivity index (χ2n) is 5.14. The summed E-state index contributed by atoms with van der Waals surface area (Å²) in [6, 6.07) is 6.02.